The van der Waals surface area contributed by atoms with Crippen LogP contribution in [0.4, 0.5) is 0 Å². The normalized spacial score (nSPS) is 17.5. The maximum absolute atomic E-state index is 11.7. The lowest BCUT2D eigenvalue weighted by Gasteiger charge is -2.22. The number of rotatable bonds is 5. The van der Waals surface area contributed by atoms with Crippen LogP contribution in [0.5, 0.6) is 0 Å². The molecule has 1 atom stereocenters. The van der Waals surface area contributed by atoms with Gasteiger partial charge in [0.1, 0.15) is 0 Å². The second-order valence-corrected chi connectivity index (χ2v) is 4.84. The van der Waals surface area contributed by atoms with Crippen molar-refractivity contribution in [3.63, 3.8) is 0 Å². The summed E-state index contributed by atoms with van der Waals surface area (Å²) in [5, 5.41) is 6.37. The average Bonchev–Trinajstić information content (AvgIpc) is 2.45. The molecule has 6 heteroatoms. The van der Waals surface area contributed by atoms with Crippen LogP contribution in [-0.4, -0.2) is 30.5 Å². The zero-order chi connectivity index (χ0) is 12.6. The Kier molecular flexibility index (Phi) is 10.4. The summed E-state index contributed by atoms with van der Waals surface area (Å²) < 4.78 is 0. The summed E-state index contributed by atoms with van der Waals surface area (Å²) in [5.74, 6) is 0.726. The van der Waals surface area contributed by atoms with Crippen molar-refractivity contribution in [2.24, 2.45) is 5.92 Å². The van der Waals surface area contributed by atoms with E-state index in [1.807, 2.05) is 18.2 Å². The molecule has 0 aromatic carbocycles. The molecule has 2 heterocycles. The van der Waals surface area contributed by atoms with Gasteiger partial charge < -0.3 is 10.6 Å². The van der Waals surface area contributed by atoms with E-state index in [9.17, 15) is 4.79 Å². The number of amides is 1. The van der Waals surface area contributed by atoms with E-state index in [4.69, 9.17) is 0 Å². The SMILES string of the molecule is Cl.Cl.O=C(CCc1ccccn1)NCC1CCCNC1. The molecule has 20 heavy (non-hydrogen) atoms. The quantitative estimate of drug-likeness (QED) is 0.872. The van der Waals surface area contributed by atoms with Gasteiger partial charge in [-0.25, -0.2) is 0 Å². The van der Waals surface area contributed by atoms with Crippen LogP contribution in [0.25, 0.3) is 0 Å². The van der Waals surface area contributed by atoms with Gasteiger partial charge in [0.15, 0.2) is 0 Å². The molecule has 0 spiro atoms. The molecule has 2 N–H and O–H groups in total. The van der Waals surface area contributed by atoms with Crippen molar-refractivity contribution in [1.29, 1.82) is 0 Å². The van der Waals surface area contributed by atoms with Gasteiger partial charge in [0.05, 0.1) is 0 Å². The number of nitrogens with one attached hydrogen (secondary N) is 2. The van der Waals surface area contributed by atoms with Crippen molar-refractivity contribution in [3.8, 4) is 0 Å². The van der Waals surface area contributed by atoms with Crippen LogP contribution in [0, 0.1) is 5.92 Å². The van der Waals surface area contributed by atoms with E-state index >= 15 is 0 Å². The Bertz CT molecular complexity index is 370. The highest BCUT2D eigenvalue weighted by Crippen LogP contribution is 2.08. The van der Waals surface area contributed by atoms with Crippen LogP contribution in [0.1, 0.15) is 25.0 Å². The lowest BCUT2D eigenvalue weighted by molar-refractivity contribution is -0.121. The van der Waals surface area contributed by atoms with Gasteiger partial charge in [-0.3, -0.25) is 9.78 Å². The van der Waals surface area contributed by atoms with Crippen LogP contribution in [-0.2, 0) is 11.2 Å². The van der Waals surface area contributed by atoms with Gasteiger partial charge in [-0.2, -0.15) is 0 Å². The van der Waals surface area contributed by atoms with E-state index in [1.54, 1.807) is 6.20 Å². The van der Waals surface area contributed by atoms with Crippen molar-refractivity contribution in [2.75, 3.05) is 19.6 Å². The lowest BCUT2D eigenvalue weighted by Crippen LogP contribution is -2.38. The minimum absolute atomic E-state index is 0. The fourth-order valence-corrected chi connectivity index (χ4v) is 2.23. The highest BCUT2D eigenvalue weighted by Gasteiger charge is 2.13. The van der Waals surface area contributed by atoms with Gasteiger partial charge in [-0.1, -0.05) is 6.07 Å². The Morgan fingerprint density at radius 1 is 1.40 bits per heavy atom. The third-order valence-corrected chi connectivity index (χ3v) is 3.32. The molecule has 1 saturated heterocycles. The largest absolute Gasteiger partial charge is 0.356 e. The van der Waals surface area contributed by atoms with Gasteiger partial charge in [0.25, 0.3) is 0 Å². The molecule has 4 nitrogen and oxygen atoms in total. The second kappa shape index (κ2) is 10.9. The summed E-state index contributed by atoms with van der Waals surface area (Å²) in [4.78, 5) is 15.9. The van der Waals surface area contributed by atoms with Crippen molar-refractivity contribution >= 4 is 30.7 Å². The smallest absolute Gasteiger partial charge is 0.220 e. The van der Waals surface area contributed by atoms with Gasteiger partial charge in [0, 0.05) is 24.9 Å². The van der Waals surface area contributed by atoms with Gasteiger partial charge in [-0.15, -0.1) is 24.8 Å². The summed E-state index contributed by atoms with van der Waals surface area (Å²) in [6, 6.07) is 5.80. The molecule has 0 radical (unpaired) electrons. The number of carbonyl (C=O) groups is 1. The molecule has 1 amide bonds. The summed E-state index contributed by atoms with van der Waals surface area (Å²) in [6.45, 7) is 2.94. The van der Waals surface area contributed by atoms with Crippen LogP contribution < -0.4 is 10.6 Å². The molecular formula is C14H23Cl2N3O. The number of aromatic nitrogens is 1. The number of hydrogen-bond acceptors (Lipinski definition) is 3. The maximum atomic E-state index is 11.7. The molecule has 1 unspecified atom stereocenters. The highest BCUT2D eigenvalue weighted by molar-refractivity contribution is 5.85. The first-order valence-electron chi connectivity index (χ1n) is 6.72. The molecule has 0 saturated carbocycles. The molecule has 114 valence electrons. The Labute approximate surface area is 132 Å². The first kappa shape index (κ1) is 19.2. The van der Waals surface area contributed by atoms with Crippen molar-refractivity contribution in [1.82, 2.24) is 15.6 Å². The highest BCUT2D eigenvalue weighted by atomic mass is 35.5. The van der Waals surface area contributed by atoms with E-state index in [2.05, 4.69) is 15.6 Å². The van der Waals surface area contributed by atoms with Gasteiger partial charge >= 0.3 is 0 Å². The predicted molar refractivity (Wildman–Crippen MR) is 85.7 cm³/mol. The summed E-state index contributed by atoms with van der Waals surface area (Å²) in [5.41, 5.74) is 0.979. The van der Waals surface area contributed by atoms with Crippen LogP contribution in [0.15, 0.2) is 24.4 Å². The molecule has 1 aromatic rings. The molecule has 0 bridgehead atoms. The van der Waals surface area contributed by atoms with Gasteiger partial charge in [0.2, 0.25) is 5.91 Å². The molecule has 2 rings (SSSR count). The zero-order valence-electron chi connectivity index (χ0n) is 11.5. The third-order valence-electron chi connectivity index (χ3n) is 3.32. The average molecular weight is 320 g/mol. The minimum Gasteiger partial charge on any atom is -0.356 e. The molecular weight excluding hydrogens is 297 g/mol. The van der Waals surface area contributed by atoms with E-state index in [1.165, 1.54) is 12.8 Å². The standard InChI is InChI=1S/C14H21N3O.2ClH/c18-14(7-6-13-5-1-2-9-16-13)17-11-12-4-3-8-15-10-12;;/h1-2,5,9,12,15H,3-4,6-8,10-11H2,(H,17,18);2*1H. The van der Waals surface area contributed by atoms with Crippen LogP contribution in [0.3, 0.4) is 0 Å². The van der Waals surface area contributed by atoms with Crippen LogP contribution >= 0.6 is 24.8 Å². The number of piperidine rings is 1. The minimum atomic E-state index is 0. The Morgan fingerprint density at radius 2 is 2.25 bits per heavy atom. The second-order valence-electron chi connectivity index (χ2n) is 4.84. The number of carbonyl (C=O) groups excluding carboxylic acids is 1. The first-order valence-corrected chi connectivity index (χ1v) is 6.72. The number of pyridine rings is 1. The van der Waals surface area contributed by atoms with E-state index in [-0.39, 0.29) is 30.7 Å². The molecule has 1 aromatic heterocycles. The number of hydrogen-bond donors (Lipinski definition) is 2. The van der Waals surface area contributed by atoms with Gasteiger partial charge in [-0.05, 0) is 50.4 Å². The fraction of sp³-hybridized carbons (Fsp3) is 0.571. The number of aryl methyl sites for hydroxylation is 1. The topological polar surface area (TPSA) is 54.0 Å². The Morgan fingerprint density at radius 3 is 2.90 bits per heavy atom. The summed E-state index contributed by atoms with van der Waals surface area (Å²) >= 11 is 0. The summed E-state index contributed by atoms with van der Waals surface area (Å²) in [6.07, 6.45) is 5.44. The van der Waals surface area contributed by atoms with Crippen molar-refractivity contribution < 1.29 is 4.79 Å². The lowest BCUT2D eigenvalue weighted by atomic mass is 10.00. The van der Waals surface area contributed by atoms with Crippen molar-refractivity contribution in [3.05, 3.63) is 30.1 Å². The third kappa shape index (κ3) is 7.08. The fourth-order valence-electron chi connectivity index (χ4n) is 2.23. The first-order chi connectivity index (χ1) is 8.84. The monoisotopic (exact) mass is 319 g/mol. The molecule has 1 aliphatic heterocycles. The zero-order valence-corrected chi connectivity index (χ0v) is 13.1. The summed E-state index contributed by atoms with van der Waals surface area (Å²) in [7, 11) is 0. The molecule has 1 fully saturated rings. The van der Waals surface area contributed by atoms with E-state index in [0.717, 1.165) is 31.7 Å². The van der Waals surface area contributed by atoms with E-state index in [0.29, 0.717) is 12.3 Å². The maximum Gasteiger partial charge on any atom is 0.220 e. The van der Waals surface area contributed by atoms with E-state index < -0.39 is 0 Å². The Hall–Kier alpha value is -0.840. The number of halogens is 2. The van der Waals surface area contributed by atoms with Crippen LogP contribution in [0.2, 0.25) is 0 Å². The van der Waals surface area contributed by atoms with Crippen molar-refractivity contribution in [2.45, 2.75) is 25.7 Å². The Balaban J connectivity index is 0.00000180. The molecule has 0 aliphatic carbocycles. The molecule has 1 aliphatic rings. The number of nitrogens with zero attached hydrogens (tertiary/aromatic N) is 1. The predicted octanol–water partition coefficient (Wildman–Crippen LogP) is 1.97.